The Kier molecular flexibility index (Phi) is 6.13. The molecule has 114 valence electrons. The van der Waals surface area contributed by atoms with Crippen LogP contribution in [0.1, 0.15) is 27.0 Å². The molecule has 0 radical (unpaired) electrons. The molecule has 2 aromatic rings. The van der Waals surface area contributed by atoms with Gasteiger partial charge < -0.3 is 10.6 Å². The first-order chi connectivity index (χ1) is 10.2. The molecule has 0 fully saturated rings. The molecule has 21 heavy (non-hydrogen) atoms. The zero-order valence-electron chi connectivity index (χ0n) is 12.6. The van der Waals surface area contributed by atoms with Crippen LogP contribution in [-0.4, -0.2) is 29.5 Å². The number of guanidine groups is 1. The predicted molar refractivity (Wildman–Crippen MR) is 90.2 cm³/mol. The molecular weight excluding hydrogens is 302 g/mol. The Labute approximate surface area is 133 Å². The lowest BCUT2D eigenvalue weighted by Gasteiger charge is -2.10. The second kappa shape index (κ2) is 8.09. The standard InChI is InChI=1S/C14H21N5S2/c1-10-9-20-12(19-10)5-4-6-16-14(15-3)18-8-13-17-7-11(2)21-13/h7,9H,4-6,8H2,1-3H3,(H2,15,16,18). The molecule has 0 spiro atoms. The minimum absolute atomic E-state index is 0.712. The molecule has 2 aromatic heterocycles. The highest BCUT2D eigenvalue weighted by molar-refractivity contribution is 7.11. The number of aliphatic imine (C=N–C) groups is 1. The summed E-state index contributed by atoms with van der Waals surface area (Å²) in [6.45, 7) is 5.69. The van der Waals surface area contributed by atoms with Crippen LogP contribution in [0.25, 0.3) is 0 Å². The monoisotopic (exact) mass is 323 g/mol. The molecule has 0 aromatic carbocycles. The van der Waals surface area contributed by atoms with Gasteiger partial charge in [0, 0.05) is 42.2 Å². The van der Waals surface area contributed by atoms with Crippen molar-refractivity contribution in [3.05, 3.63) is 32.2 Å². The summed E-state index contributed by atoms with van der Waals surface area (Å²) in [5, 5.41) is 11.0. The van der Waals surface area contributed by atoms with Gasteiger partial charge in [-0.15, -0.1) is 22.7 Å². The third-order valence-corrected chi connectivity index (χ3v) is 4.77. The Morgan fingerprint density at radius 2 is 2.14 bits per heavy atom. The lowest BCUT2D eigenvalue weighted by atomic mass is 10.3. The molecule has 7 heteroatoms. The summed E-state index contributed by atoms with van der Waals surface area (Å²) in [6.07, 6.45) is 3.95. The van der Waals surface area contributed by atoms with Crippen molar-refractivity contribution in [1.29, 1.82) is 0 Å². The topological polar surface area (TPSA) is 62.2 Å². The summed E-state index contributed by atoms with van der Waals surface area (Å²) in [7, 11) is 1.78. The molecule has 2 heterocycles. The molecule has 0 saturated heterocycles. The minimum atomic E-state index is 0.712. The average molecular weight is 323 g/mol. The van der Waals surface area contributed by atoms with Crippen LogP contribution >= 0.6 is 22.7 Å². The Morgan fingerprint density at radius 1 is 1.29 bits per heavy atom. The number of aryl methyl sites for hydroxylation is 3. The zero-order chi connectivity index (χ0) is 15.1. The lowest BCUT2D eigenvalue weighted by molar-refractivity contribution is 0.738. The molecule has 2 N–H and O–H groups in total. The summed E-state index contributed by atoms with van der Waals surface area (Å²) in [4.78, 5) is 14.2. The van der Waals surface area contributed by atoms with E-state index in [2.05, 4.69) is 37.9 Å². The lowest BCUT2D eigenvalue weighted by Crippen LogP contribution is -2.37. The van der Waals surface area contributed by atoms with Crippen molar-refractivity contribution in [3.63, 3.8) is 0 Å². The first-order valence-electron chi connectivity index (χ1n) is 6.94. The molecule has 0 amide bonds. The van der Waals surface area contributed by atoms with Gasteiger partial charge in [-0.25, -0.2) is 9.97 Å². The van der Waals surface area contributed by atoms with Crippen LogP contribution in [0.15, 0.2) is 16.6 Å². The molecular formula is C14H21N5S2. The van der Waals surface area contributed by atoms with E-state index in [-0.39, 0.29) is 0 Å². The van der Waals surface area contributed by atoms with Gasteiger partial charge >= 0.3 is 0 Å². The second-order valence-electron chi connectivity index (χ2n) is 4.70. The van der Waals surface area contributed by atoms with Gasteiger partial charge in [-0.2, -0.15) is 0 Å². The van der Waals surface area contributed by atoms with E-state index in [4.69, 9.17) is 0 Å². The molecule has 0 unspecified atom stereocenters. The first kappa shape index (κ1) is 15.9. The number of hydrogen-bond donors (Lipinski definition) is 2. The maximum absolute atomic E-state index is 4.46. The maximum atomic E-state index is 4.46. The summed E-state index contributed by atoms with van der Waals surface area (Å²) in [5.74, 6) is 0.818. The van der Waals surface area contributed by atoms with Crippen LogP contribution in [0.5, 0.6) is 0 Å². The van der Waals surface area contributed by atoms with Crippen LogP contribution in [0.3, 0.4) is 0 Å². The largest absolute Gasteiger partial charge is 0.356 e. The van der Waals surface area contributed by atoms with E-state index in [0.717, 1.165) is 36.0 Å². The van der Waals surface area contributed by atoms with E-state index in [0.29, 0.717) is 6.54 Å². The molecule has 0 atom stereocenters. The normalized spacial score (nSPS) is 11.7. The number of rotatable bonds is 6. The van der Waals surface area contributed by atoms with E-state index in [1.165, 1.54) is 9.88 Å². The van der Waals surface area contributed by atoms with E-state index in [1.807, 2.05) is 13.1 Å². The molecule has 0 aliphatic carbocycles. The number of nitrogens with one attached hydrogen (secondary N) is 2. The fraction of sp³-hybridized carbons (Fsp3) is 0.500. The molecule has 5 nitrogen and oxygen atoms in total. The van der Waals surface area contributed by atoms with Gasteiger partial charge in [0.1, 0.15) is 5.01 Å². The highest BCUT2D eigenvalue weighted by Crippen LogP contribution is 2.11. The molecule has 0 aliphatic rings. The summed E-state index contributed by atoms with van der Waals surface area (Å²) >= 11 is 3.44. The van der Waals surface area contributed by atoms with Crippen molar-refractivity contribution in [2.24, 2.45) is 4.99 Å². The third-order valence-electron chi connectivity index (χ3n) is 2.83. The maximum Gasteiger partial charge on any atom is 0.191 e. The van der Waals surface area contributed by atoms with Gasteiger partial charge in [-0.3, -0.25) is 4.99 Å². The summed E-state index contributed by atoms with van der Waals surface area (Å²) in [5.41, 5.74) is 1.11. The summed E-state index contributed by atoms with van der Waals surface area (Å²) < 4.78 is 0. The van der Waals surface area contributed by atoms with Crippen LogP contribution < -0.4 is 10.6 Å². The van der Waals surface area contributed by atoms with E-state index in [1.54, 1.807) is 29.7 Å². The Balaban J connectivity index is 1.65. The SMILES string of the molecule is CN=C(NCCCc1nc(C)cs1)NCc1ncc(C)s1. The number of thiazole rings is 2. The van der Waals surface area contributed by atoms with Crippen molar-refractivity contribution < 1.29 is 0 Å². The fourth-order valence-corrected chi connectivity index (χ4v) is 3.37. The minimum Gasteiger partial charge on any atom is -0.356 e. The number of hydrogen-bond acceptors (Lipinski definition) is 5. The predicted octanol–water partition coefficient (Wildman–Crippen LogP) is 2.51. The van der Waals surface area contributed by atoms with E-state index < -0.39 is 0 Å². The van der Waals surface area contributed by atoms with Gasteiger partial charge in [0.25, 0.3) is 0 Å². The Bertz CT molecular complexity index is 588. The quantitative estimate of drug-likeness (QED) is 0.487. The van der Waals surface area contributed by atoms with Gasteiger partial charge in [-0.1, -0.05) is 0 Å². The van der Waals surface area contributed by atoms with Crippen LogP contribution in [0.2, 0.25) is 0 Å². The number of aromatic nitrogens is 2. The third kappa shape index (κ3) is 5.43. The van der Waals surface area contributed by atoms with Crippen LogP contribution in [0, 0.1) is 13.8 Å². The highest BCUT2D eigenvalue weighted by atomic mass is 32.1. The molecule has 0 aliphatic heterocycles. The molecule has 0 saturated carbocycles. The average Bonchev–Trinajstić information content (AvgIpc) is 3.07. The zero-order valence-corrected chi connectivity index (χ0v) is 14.3. The first-order valence-corrected chi connectivity index (χ1v) is 8.64. The van der Waals surface area contributed by atoms with Crippen molar-refractivity contribution in [2.45, 2.75) is 33.2 Å². The molecule has 0 bridgehead atoms. The van der Waals surface area contributed by atoms with Gasteiger partial charge in [0.15, 0.2) is 5.96 Å². The van der Waals surface area contributed by atoms with Gasteiger partial charge in [0.2, 0.25) is 0 Å². The number of nitrogens with zero attached hydrogens (tertiary/aromatic N) is 3. The highest BCUT2D eigenvalue weighted by Gasteiger charge is 2.02. The fourth-order valence-electron chi connectivity index (χ4n) is 1.83. The van der Waals surface area contributed by atoms with Gasteiger partial charge in [-0.05, 0) is 20.3 Å². The summed E-state index contributed by atoms with van der Waals surface area (Å²) in [6, 6.07) is 0. The molecule has 2 rings (SSSR count). The van der Waals surface area contributed by atoms with Gasteiger partial charge in [0.05, 0.1) is 11.6 Å². The van der Waals surface area contributed by atoms with Crippen molar-refractivity contribution >= 4 is 28.6 Å². The van der Waals surface area contributed by atoms with Crippen LogP contribution in [0.4, 0.5) is 0 Å². The Morgan fingerprint density at radius 3 is 2.76 bits per heavy atom. The van der Waals surface area contributed by atoms with Crippen molar-refractivity contribution in [3.8, 4) is 0 Å². The van der Waals surface area contributed by atoms with Crippen LogP contribution in [-0.2, 0) is 13.0 Å². The van der Waals surface area contributed by atoms with E-state index >= 15 is 0 Å². The second-order valence-corrected chi connectivity index (χ2v) is 6.97. The van der Waals surface area contributed by atoms with Crippen molar-refractivity contribution in [1.82, 2.24) is 20.6 Å². The Hall–Kier alpha value is -1.47. The van der Waals surface area contributed by atoms with Crippen molar-refractivity contribution in [2.75, 3.05) is 13.6 Å². The van der Waals surface area contributed by atoms with E-state index in [9.17, 15) is 0 Å². The smallest absolute Gasteiger partial charge is 0.191 e.